The van der Waals surface area contributed by atoms with Crippen LogP contribution in [0.15, 0.2) is 17.1 Å². The molecule has 1 aliphatic heterocycles. The highest BCUT2D eigenvalue weighted by atomic mass is 16.5. The summed E-state index contributed by atoms with van der Waals surface area (Å²) in [7, 11) is 2.92. The first-order valence-electron chi connectivity index (χ1n) is 6.89. The molecule has 1 aromatic heterocycles. The molecular formula is C14H19N3O5. The van der Waals surface area contributed by atoms with Crippen molar-refractivity contribution in [3.05, 3.63) is 28.2 Å². The van der Waals surface area contributed by atoms with Crippen LogP contribution < -0.4 is 10.9 Å². The van der Waals surface area contributed by atoms with Crippen molar-refractivity contribution < 1.29 is 19.1 Å². The van der Waals surface area contributed by atoms with E-state index in [1.54, 1.807) is 4.90 Å². The van der Waals surface area contributed by atoms with Crippen LogP contribution in [0.5, 0.6) is 0 Å². The van der Waals surface area contributed by atoms with Gasteiger partial charge < -0.3 is 24.3 Å². The fraction of sp³-hybridized carbons (Fsp3) is 0.500. The predicted octanol–water partition coefficient (Wildman–Crippen LogP) is -0.557. The van der Waals surface area contributed by atoms with Gasteiger partial charge in [-0.3, -0.25) is 14.4 Å². The number of pyridine rings is 1. The second kappa shape index (κ2) is 7.19. The van der Waals surface area contributed by atoms with Crippen molar-refractivity contribution in [2.24, 2.45) is 7.05 Å². The van der Waals surface area contributed by atoms with Gasteiger partial charge in [-0.2, -0.15) is 0 Å². The van der Waals surface area contributed by atoms with Crippen LogP contribution in [0.1, 0.15) is 10.4 Å². The molecule has 1 N–H and O–H groups in total. The summed E-state index contributed by atoms with van der Waals surface area (Å²) in [6.45, 7) is 1.84. The molecule has 0 spiro atoms. The van der Waals surface area contributed by atoms with Crippen molar-refractivity contribution in [1.82, 2.24) is 9.47 Å². The maximum Gasteiger partial charge on any atom is 0.274 e. The number of morpholine rings is 1. The number of nitrogens with one attached hydrogen (secondary N) is 1. The molecule has 22 heavy (non-hydrogen) atoms. The summed E-state index contributed by atoms with van der Waals surface area (Å²) in [5.41, 5.74) is 0.0170. The third-order valence-corrected chi connectivity index (χ3v) is 3.28. The highest BCUT2D eigenvalue weighted by Crippen LogP contribution is 2.10. The molecule has 2 rings (SSSR count). The van der Waals surface area contributed by atoms with Gasteiger partial charge in [-0.1, -0.05) is 0 Å². The van der Waals surface area contributed by atoms with Crippen LogP contribution in [0.4, 0.5) is 5.69 Å². The molecule has 2 heterocycles. The fourth-order valence-corrected chi connectivity index (χ4v) is 2.18. The zero-order valence-electron chi connectivity index (χ0n) is 12.6. The van der Waals surface area contributed by atoms with E-state index in [4.69, 9.17) is 9.47 Å². The first-order chi connectivity index (χ1) is 10.5. The second-order valence-electron chi connectivity index (χ2n) is 4.94. The lowest BCUT2D eigenvalue weighted by molar-refractivity contribution is -0.119. The van der Waals surface area contributed by atoms with E-state index in [0.29, 0.717) is 31.9 Å². The molecule has 0 unspecified atom stereocenters. The Bertz CT molecular complexity index is 619. The number of nitrogens with zero attached hydrogens (tertiary/aromatic N) is 2. The van der Waals surface area contributed by atoms with E-state index >= 15 is 0 Å². The van der Waals surface area contributed by atoms with Crippen LogP contribution in [0.25, 0.3) is 0 Å². The summed E-state index contributed by atoms with van der Waals surface area (Å²) in [5.74, 6) is -0.642. The monoisotopic (exact) mass is 309 g/mol. The Kier molecular flexibility index (Phi) is 5.29. The molecule has 0 aliphatic carbocycles. The fourth-order valence-electron chi connectivity index (χ4n) is 2.18. The van der Waals surface area contributed by atoms with Crippen molar-refractivity contribution in [2.45, 2.75) is 0 Å². The number of amides is 2. The van der Waals surface area contributed by atoms with Crippen molar-refractivity contribution in [3.63, 3.8) is 0 Å². The molecule has 8 nitrogen and oxygen atoms in total. The van der Waals surface area contributed by atoms with Gasteiger partial charge in [0.2, 0.25) is 5.91 Å². The van der Waals surface area contributed by atoms with Gasteiger partial charge in [-0.05, 0) is 6.07 Å². The lowest BCUT2D eigenvalue weighted by Gasteiger charge is -2.27. The van der Waals surface area contributed by atoms with Crippen molar-refractivity contribution >= 4 is 17.5 Å². The van der Waals surface area contributed by atoms with E-state index in [1.807, 2.05) is 0 Å². The normalized spacial score (nSPS) is 14.7. The van der Waals surface area contributed by atoms with E-state index in [1.165, 1.54) is 31.0 Å². The van der Waals surface area contributed by atoms with E-state index in [-0.39, 0.29) is 23.8 Å². The van der Waals surface area contributed by atoms with Crippen LogP contribution in [0, 0.1) is 0 Å². The standard InChI is InChI=1S/C14H19N3O5/c1-16-8-10(13(19)17-3-5-22-6-4-17)7-11(14(16)20)15-12(18)9-21-2/h7-8H,3-6,9H2,1-2H3,(H,15,18). The molecule has 0 radical (unpaired) electrons. The molecule has 1 aromatic rings. The third kappa shape index (κ3) is 3.71. The Morgan fingerprint density at radius 1 is 1.36 bits per heavy atom. The molecule has 1 saturated heterocycles. The van der Waals surface area contributed by atoms with Crippen molar-refractivity contribution in [2.75, 3.05) is 45.3 Å². The summed E-state index contributed by atoms with van der Waals surface area (Å²) in [6.07, 6.45) is 1.46. The Morgan fingerprint density at radius 3 is 2.68 bits per heavy atom. The lowest BCUT2D eigenvalue weighted by atomic mass is 10.2. The van der Waals surface area contributed by atoms with Crippen LogP contribution in [-0.4, -0.2) is 61.3 Å². The summed E-state index contributed by atoms with van der Waals surface area (Å²) in [5, 5.41) is 2.46. The largest absolute Gasteiger partial charge is 0.378 e. The maximum atomic E-state index is 12.4. The van der Waals surface area contributed by atoms with E-state index in [0.717, 1.165) is 0 Å². The van der Waals surface area contributed by atoms with Gasteiger partial charge in [0, 0.05) is 33.4 Å². The van der Waals surface area contributed by atoms with Gasteiger partial charge in [0.15, 0.2) is 0 Å². The minimum absolute atomic E-state index is 0.0589. The quantitative estimate of drug-likeness (QED) is 0.805. The number of anilines is 1. The number of hydrogen-bond acceptors (Lipinski definition) is 5. The molecule has 2 amide bonds. The Balaban J connectivity index is 2.25. The van der Waals surface area contributed by atoms with E-state index in [2.05, 4.69) is 5.32 Å². The minimum Gasteiger partial charge on any atom is -0.378 e. The first kappa shape index (κ1) is 16.2. The number of carbonyl (C=O) groups excluding carboxylic acids is 2. The second-order valence-corrected chi connectivity index (χ2v) is 4.94. The van der Waals surface area contributed by atoms with Gasteiger partial charge in [-0.25, -0.2) is 0 Å². The molecule has 0 atom stereocenters. The van der Waals surface area contributed by atoms with Gasteiger partial charge >= 0.3 is 0 Å². The zero-order valence-corrected chi connectivity index (χ0v) is 12.6. The highest BCUT2D eigenvalue weighted by molar-refractivity contribution is 5.97. The zero-order chi connectivity index (χ0) is 16.1. The number of hydrogen-bond donors (Lipinski definition) is 1. The topological polar surface area (TPSA) is 89.9 Å². The average molecular weight is 309 g/mol. The average Bonchev–Trinajstić information content (AvgIpc) is 2.52. The number of carbonyl (C=O) groups is 2. The van der Waals surface area contributed by atoms with Crippen LogP contribution in [-0.2, 0) is 21.3 Å². The Labute approximate surface area is 127 Å². The minimum atomic E-state index is -0.449. The summed E-state index contributed by atoms with van der Waals surface area (Å²) in [6, 6.07) is 1.40. The Hall–Kier alpha value is -2.19. The molecule has 120 valence electrons. The third-order valence-electron chi connectivity index (χ3n) is 3.28. The number of ether oxygens (including phenoxy) is 2. The SMILES string of the molecule is COCC(=O)Nc1cc(C(=O)N2CCOCC2)cn(C)c1=O. The van der Waals surface area contributed by atoms with Gasteiger partial charge in [0.25, 0.3) is 11.5 Å². The molecule has 0 saturated carbocycles. The smallest absolute Gasteiger partial charge is 0.274 e. The summed E-state index contributed by atoms with van der Waals surface area (Å²) >= 11 is 0. The van der Waals surface area contributed by atoms with Gasteiger partial charge in [0.05, 0.1) is 18.8 Å². The number of methoxy groups -OCH3 is 1. The highest BCUT2D eigenvalue weighted by Gasteiger charge is 2.20. The molecular weight excluding hydrogens is 290 g/mol. The molecule has 1 aliphatic rings. The number of aryl methyl sites for hydroxylation is 1. The summed E-state index contributed by atoms with van der Waals surface area (Å²) < 4.78 is 11.2. The van der Waals surface area contributed by atoms with Crippen molar-refractivity contribution in [3.8, 4) is 0 Å². The molecule has 1 fully saturated rings. The van der Waals surface area contributed by atoms with Gasteiger partial charge in [0.1, 0.15) is 12.3 Å². The van der Waals surface area contributed by atoms with Crippen LogP contribution in [0.2, 0.25) is 0 Å². The maximum absolute atomic E-state index is 12.4. The first-order valence-corrected chi connectivity index (χ1v) is 6.89. The predicted molar refractivity (Wildman–Crippen MR) is 78.9 cm³/mol. The van der Waals surface area contributed by atoms with Crippen LogP contribution in [0.3, 0.4) is 0 Å². The molecule has 0 bridgehead atoms. The molecule has 0 aromatic carbocycles. The lowest BCUT2D eigenvalue weighted by Crippen LogP contribution is -2.41. The number of aromatic nitrogens is 1. The van der Waals surface area contributed by atoms with Gasteiger partial charge in [-0.15, -0.1) is 0 Å². The van der Waals surface area contributed by atoms with E-state index < -0.39 is 5.91 Å². The van der Waals surface area contributed by atoms with E-state index in [9.17, 15) is 14.4 Å². The number of rotatable bonds is 4. The Morgan fingerprint density at radius 2 is 2.05 bits per heavy atom. The van der Waals surface area contributed by atoms with Crippen LogP contribution >= 0.6 is 0 Å². The molecule has 8 heteroatoms. The van der Waals surface area contributed by atoms with Crippen molar-refractivity contribution in [1.29, 1.82) is 0 Å². The summed E-state index contributed by atoms with van der Waals surface area (Å²) in [4.78, 5) is 37.7.